The Morgan fingerprint density at radius 2 is 1.88 bits per heavy atom. The van der Waals surface area contributed by atoms with Gasteiger partial charge in [0.2, 0.25) is 5.91 Å². The van der Waals surface area contributed by atoms with Gasteiger partial charge >= 0.3 is 0 Å². The Morgan fingerprint density at radius 3 is 2.56 bits per heavy atom. The molecule has 1 saturated heterocycles. The summed E-state index contributed by atoms with van der Waals surface area (Å²) in [5.74, 6) is 1.07. The monoisotopic (exact) mass is 511 g/mol. The van der Waals surface area contributed by atoms with E-state index >= 15 is 0 Å². The fourth-order valence-electron chi connectivity index (χ4n) is 4.23. The van der Waals surface area contributed by atoms with Gasteiger partial charge in [-0.1, -0.05) is 46.6 Å². The van der Waals surface area contributed by atoms with Crippen molar-refractivity contribution in [3.63, 3.8) is 0 Å². The average molecular weight is 513 g/mol. The Morgan fingerprint density at radius 1 is 1.15 bits per heavy atom. The number of benzene rings is 1. The maximum absolute atomic E-state index is 12.0. The quantitative estimate of drug-likeness (QED) is 0.385. The zero-order valence-electron chi connectivity index (χ0n) is 21.3. The first-order valence-electron chi connectivity index (χ1n) is 12.4. The van der Waals surface area contributed by atoms with Crippen LogP contribution in [0.5, 0.6) is 5.75 Å². The standard InChI is InChI=1S/C27H41N3O2.2ClH/c1-5-6-7-10-21-19-22-11-8-14-28-25(22)24(20-21)32-23-12-17-30(18-13-23)16-9-15-29-26(31)27(2,3)4;;/h8,11,14,19-20,23H,5-7,9-10,12-13,15-18H2,1-4H3,(H,29,31);2*1H. The lowest BCUT2D eigenvalue weighted by Gasteiger charge is -2.32. The number of unbranched alkanes of at least 4 members (excludes halogenated alkanes) is 2. The van der Waals surface area contributed by atoms with E-state index < -0.39 is 0 Å². The summed E-state index contributed by atoms with van der Waals surface area (Å²) in [6.07, 6.45) is 9.96. The fraction of sp³-hybridized carbons (Fsp3) is 0.630. The first kappa shape index (κ1) is 30.5. The molecule has 1 aliphatic heterocycles. The molecule has 2 heterocycles. The van der Waals surface area contributed by atoms with Gasteiger partial charge in [-0.3, -0.25) is 9.78 Å². The lowest BCUT2D eigenvalue weighted by molar-refractivity contribution is -0.128. The van der Waals surface area contributed by atoms with Gasteiger partial charge in [-0.15, -0.1) is 24.8 Å². The summed E-state index contributed by atoms with van der Waals surface area (Å²) in [5, 5.41) is 4.22. The molecule has 0 saturated carbocycles. The number of likely N-dealkylation sites (tertiary alicyclic amines) is 1. The Kier molecular flexibility index (Phi) is 13.2. The van der Waals surface area contributed by atoms with Gasteiger partial charge in [0.25, 0.3) is 0 Å². The normalized spacial score (nSPS) is 14.8. The molecule has 3 rings (SSSR count). The number of halogens is 2. The maximum Gasteiger partial charge on any atom is 0.225 e. The summed E-state index contributed by atoms with van der Waals surface area (Å²) < 4.78 is 6.51. The number of hydrogen-bond donors (Lipinski definition) is 1. The first-order valence-corrected chi connectivity index (χ1v) is 12.4. The van der Waals surface area contributed by atoms with E-state index in [0.717, 1.165) is 63.1 Å². The van der Waals surface area contributed by atoms with Crippen LogP contribution in [-0.2, 0) is 11.2 Å². The number of piperidine rings is 1. The van der Waals surface area contributed by atoms with Crippen LogP contribution in [0.3, 0.4) is 0 Å². The SMILES string of the molecule is CCCCCc1cc(OC2CCN(CCCNC(=O)C(C)(C)C)CC2)c2ncccc2c1.Cl.Cl. The number of nitrogens with one attached hydrogen (secondary N) is 1. The molecule has 1 N–H and O–H groups in total. The van der Waals surface area contributed by atoms with Crippen LogP contribution in [0.25, 0.3) is 10.9 Å². The Bertz CT molecular complexity index is 878. The topological polar surface area (TPSA) is 54.5 Å². The fourth-order valence-corrected chi connectivity index (χ4v) is 4.23. The van der Waals surface area contributed by atoms with E-state index in [2.05, 4.69) is 40.3 Å². The van der Waals surface area contributed by atoms with Gasteiger partial charge in [-0.05, 0) is 62.4 Å². The van der Waals surface area contributed by atoms with Crippen LogP contribution in [0.4, 0.5) is 0 Å². The lowest BCUT2D eigenvalue weighted by Crippen LogP contribution is -2.40. The highest BCUT2D eigenvalue weighted by Crippen LogP contribution is 2.29. The highest BCUT2D eigenvalue weighted by Gasteiger charge is 2.23. The van der Waals surface area contributed by atoms with Crippen LogP contribution in [0, 0.1) is 5.41 Å². The molecule has 1 fully saturated rings. The number of pyridine rings is 1. The molecule has 1 aliphatic rings. The van der Waals surface area contributed by atoms with Crippen molar-refractivity contribution < 1.29 is 9.53 Å². The minimum atomic E-state index is -0.317. The molecule has 0 spiro atoms. The number of carbonyl (C=O) groups is 1. The van der Waals surface area contributed by atoms with Crippen LogP contribution in [0.1, 0.15) is 71.8 Å². The number of fused-ring (bicyclic) bond motifs is 1. The van der Waals surface area contributed by atoms with Crippen LogP contribution < -0.4 is 10.1 Å². The highest BCUT2D eigenvalue weighted by atomic mass is 35.5. The van der Waals surface area contributed by atoms with Crippen molar-refractivity contribution in [1.82, 2.24) is 15.2 Å². The first-order chi connectivity index (χ1) is 15.4. The van der Waals surface area contributed by atoms with Gasteiger partial charge in [0.1, 0.15) is 17.4 Å². The number of rotatable bonds is 10. The average Bonchev–Trinajstić information content (AvgIpc) is 2.77. The Balaban J connectivity index is 0.00000289. The van der Waals surface area contributed by atoms with E-state index in [4.69, 9.17) is 4.74 Å². The Labute approximate surface area is 218 Å². The third-order valence-corrected chi connectivity index (χ3v) is 6.24. The molecule has 192 valence electrons. The van der Waals surface area contributed by atoms with Gasteiger partial charge < -0.3 is 15.0 Å². The van der Waals surface area contributed by atoms with Gasteiger partial charge in [0.15, 0.2) is 0 Å². The largest absolute Gasteiger partial charge is 0.488 e. The molecular formula is C27H43Cl2N3O2. The summed E-state index contributed by atoms with van der Waals surface area (Å²) in [5.41, 5.74) is 2.01. The number of aryl methyl sites for hydroxylation is 1. The second kappa shape index (κ2) is 14.8. The van der Waals surface area contributed by atoms with E-state index in [-0.39, 0.29) is 42.2 Å². The molecule has 1 aromatic heterocycles. The van der Waals surface area contributed by atoms with E-state index in [0.29, 0.717) is 0 Å². The predicted octanol–water partition coefficient (Wildman–Crippen LogP) is 6.21. The summed E-state index contributed by atoms with van der Waals surface area (Å²) in [7, 11) is 0. The zero-order valence-corrected chi connectivity index (χ0v) is 22.9. The molecule has 2 aromatic rings. The van der Waals surface area contributed by atoms with Crippen molar-refractivity contribution in [3.05, 3.63) is 36.0 Å². The third kappa shape index (κ3) is 9.24. The number of hydrogen-bond acceptors (Lipinski definition) is 4. The molecule has 5 nitrogen and oxygen atoms in total. The second-order valence-electron chi connectivity index (χ2n) is 10.1. The minimum absolute atomic E-state index is 0. The number of carbonyl (C=O) groups excluding carboxylic acids is 1. The van der Waals surface area contributed by atoms with Crippen molar-refractivity contribution in [2.24, 2.45) is 5.41 Å². The summed E-state index contributed by atoms with van der Waals surface area (Å²) in [6, 6.07) is 8.63. The van der Waals surface area contributed by atoms with Crippen molar-refractivity contribution in [3.8, 4) is 5.75 Å². The molecule has 7 heteroatoms. The molecule has 1 aromatic carbocycles. The number of aromatic nitrogens is 1. The molecule has 0 bridgehead atoms. The lowest BCUT2D eigenvalue weighted by atomic mass is 9.96. The van der Waals surface area contributed by atoms with Gasteiger partial charge in [0.05, 0.1) is 0 Å². The van der Waals surface area contributed by atoms with Crippen molar-refractivity contribution in [2.75, 3.05) is 26.2 Å². The molecule has 0 radical (unpaired) electrons. The molecule has 0 unspecified atom stereocenters. The van der Waals surface area contributed by atoms with Crippen molar-refractivity contribution in [2.45, 2.75) is 78.7 Å². The zero-order chi connectivity index (χ0) is 23.0. The third-order valence-electron chi connectivity index (χ3n) is 6.24. The minimum Gasteiger partial charge on any atom is -0.488 e. The van der Waals surface area contributed by atoms with E-state index in [1.807, 2.05) is 33.0 Å². The number of nitrogens with zero attached hydrogens (tertiary/aromatic N) is 2. The highest BCUT2D eigenvalue weighted by molar-refractivity contribution is 5.86. The van der Waals surface area contributed by atoms with Gasteiger partial charge in [-0.2, -0.15) is 0 Å². The molecule has 0 aliphatic carbocycles. The van der Waals surface area contributed by atoms with E-state index in [1.54, 1.807) is 0 Å². The van der Waals surface area contributed by atoms with E-state index in [9.17, 15) is 4.79 Å². The van der Waals surface area contributed by atoms with Gasteiger partial charge in [0, 0.05) is 36.6 Å². The van der Waals surface area contributed by atoms with Crippen molar-refractivity contribution >= 4 is 41.6 Å². The molecule has 34 heavy (non-hydrogen) atoms. The van der Waals surface area contributed by atoms with E-state index in [1.165, 1.54) is 30.2 Å². The number of ether oxygens (including phenoxy) is 1. The summed E-state index contributed by atoms with van der Waals surface area (Å²) >= 11 is 0. The van der Waals surface area contributed by atoms with Gasteiger partial charge in [-0.25, -0.2) is 0 Å². The smallest absolute Gasteiger partial charge is 0.225 e. The molecular weight excluding hydrogens is 469 g/mol. The van der Waals surface area contributed by atoms with Crippen LogP contribution >= 0.6 is 24.8 Å². The van der Waals surface area contributed by atoms with Crippen LogP contribution in [0.2, 0.25) is 0 Å². The second-order valence-corrected chi connectivity index (χ2v) is 10.1. The summed E-state index contributed by atoms with van der Waals surface area (Å²) in [4.78, 5) is 19.1. The van der Waals surface area contributed by atoms with Crippen molar-refractivity contribution in [1.29, 1.82) is 0 Å². The maximum atomic E-state index is 12.0. The predicted molar refractivity (Wildman–Crippen MR) is 147 cm³/mol. The number of amides is 1. The Hall–Kier alpha value is -1.56. The molecule has 1 amide bonds. The van der Waals surface area contributed by atoms with Crippen LogP contribution in [0.15, 0.2) is 30.5 Å². The molecule has 0 atom stereocenters. The van der Waals surface area contributed by atoms with Crippen LogP contribution in [-0.4, -0.2) is 48.1 Å². The summed E-state index contributed by atoms with van der Waals surface area (Å²) in [6.45, 7) is 11.9.